The van der Waals surface area contributed by atoms with Gasteiger partial charge in [0.2, 0.25) is 0 Å². The Labute approximate surface area is 106 Å². The van der Waals surface area contributed by atoms with Crippen LogP contribution in [0.2, 0.25) is 0 Å². The molecule has 0 spiro atoms. The topological polar surface area (TPSA) is 21.3 Å². The van der Waals surface area contributed by atoms with Gasteiger partial charge in [0, 0.05) is 12.7 Å². The van der Waals surface area contributed by atoms with Crippen molar-refractivity contribution in [2.75, 3.05) is 19.0 Å². The largest absolute Gasteiger partial charge is 0.491 e. The number of hydrogen-bond acceptors (Lipinski definition) is 2. The fourth-order valence-corrected chi connectivity index (χ4v) is 1.81. The summed E-state index contributed by atoms with van der Waals surface area (Å²) in [6.45, 7) is 2.30. The molecule has 1 N–H and O–H groups in total. The Balaban J connectivity index is 2.35. The van der Waals surface area contributed by atoms with Gasteiger partial charge in [-0.05, 0) is 42.3 Å². The van der Waals surface area contributed by atoms with Gasteiger partial charge in [-0.3, -0.25) is 0 Å². The van der Waals surface area contributed by atoms with E-state index < -0.39 is 0 Å². The van der Waals surface area contributed by atoms with Crippen molar-refractivity contribution in [3.05, 3.63) is 48.3 Å². The first kappa shape index (κ1) is 12.4. The summed E-state index contributed by atoms with van der Waals surface area (Å²) in [5.74, 6) is -0.0322. The summed E-state index contributed by atoms with van der Waals surface area (Å²) in [7, 11) is 1.86. The molecule has 0 aliphatic rings. The van der Waals surface area contributed by atoms with Gasteiger partial charge in [0.15, 0.2) is 11.6 Å². The molecule has 0 atom stereocenters. The van der Waals surface area contributed by atoms with Gasteiger partial charge < -0.3 is 10.1 Å². The van der Waals surface area contributed by atoms with E-state index in [0.717, 1.165) is 16.8 Å². The summed E-state index contributed by atoms with van der Waals surface area (Å²) in [5.41, 5.74) is 2.82. The van der Waals surface area contributed by atoms with Gasteiger partial charge in [-0.15, -0.1) is 0 Å². The van der Waals surface area contributed by atoms with Crippen molar-refractivity contribution >= 4 is 5.69 Å². The Morgan fingerprint density at radius 1 is 1.11 bits per heavy atom. The molecule has 0 saturated heterocycles. The third-order valence-electron chi connectivity index (χ3n) is 2.72. The van der Waals surface area contributed by atoms with Crippen molar-refractivity contribution in [2.24, 2.45) is 0 Å². The maximum atomic E-state index is 13.8. The first-order chi connectivity index (χ1) is 8.74. The Hall–Kier alpha value is -2.03. The summed E-state index contributed by atoms with van der Waals surface area (Å²) in [4.78, 5) is 0. The van der Waals surface area contributed by atoms with Crippen molar-refractivity contribution in [1.82, 2.24) is 0 Å². The van der Waals surface area contributed by atoms with Crippen LogP contribution in [0, 0.1) is 5.82 Å². The average Bonchev–Trinajstić information content (AvgIpc) is 2.41. The number of ether oxygens (including phenoxy) is 1. The van der Waals surface area contributed by atoms with E-state index in [9.17, 15) is 4.39 Å². The zero-order valence-corrected chi connectivity index (χ0v) is 10.5. The lowest BCUT2D eigenvalue weighted by molar-refractivity contribution is 0.321. The van der Waals surface area contributed by atoms with Crippen LogP contribution in [0.5, 0.6) is 5.75 Å². The maximum absolute atomic E-state index is 13.8. The Kier molecular flexibility index (Phi) is 3.82. The molecule has 94 valence electrons. The highest BCUT2D eigenvalue weighted by Crippen LogP contribution is 2.27. The number of anilines is 1. The molecule has 2 aromatic carbocycles. The molecule has 0 aliphatic carbocycles. The zero-order valence-electron chi connectivity index (χ0n) is 10.5. The number of rotatable bonds is 4. The summed E-state index contributed by atoms with van der Waals surface area (Å²) >= 11 is 0. The quantitative estimate of drug-likeness (QED) is 0.881. The third kappa shape index (κ3) is 2.62. The van der Waals surface area contributed by atoms with Crippen molar-refractivity contribution in [3.8, 4) is 16.9 Å². The van der Waals surface area contributed by atoms with Crippen LogP contribution in [0.15, 0.2) is 42.5 Å². The molecule has 0 unspecified atom stereocenters. The summed E-state index contributed by atoms with van der Waals surface area (Å²) in [5, 5.41) is 3.06. The van der Waals surface area contributed by atoms with E-state index in [0.29, 0.717) is 12.4 Å². The van der Waals surface area contributed by atoms with Crippen LogP contribution in [-0.4, -0.2) is 13.7 Å². The summed E-state index contributed by atoms with van der Waals surface area (Å²) < 4.78 is 18.9. The van der Waals surface area contributed by atoms with Crippen LogP contribution in [-0.2, 0) is 0 Å². The minimum Gasteiger partial charge on any atom is -0.491 e. The molecule has 0 aromatic heterocycles. The molecule has 3 heteroatoms. The van der Waals surface area contributed by atoms with Crippen LogP contribution < -0.4 is 10.1 Å². The second-order valence-electron chi connectivity index (χ2n) is 3.91. The van der Waals surface area contributed by atoms with Gasteiger partial charge in [0.05, 0.1) is 6.61 Å². The van der Waals surface area contributed by atoms with Crippen LogP contribution in [0.3, 0.4) is 0 Å². The lowest BCUT2D eigenvalue weighted by Crippen LogP contribution is -1.94. The molecule has 0 aliphatic heterocycles. The lowest BCUT2D eigenvalue weighted by atomic mass is 10.0. The maximum Gasteiger partial charge on any atom is 0.165 e. The zero-order chi connectivity index (χ0) is 13.0. The lowest BCUT2D eigenvalue weighted by Gasteiger charge is -2.08. The molecule has 0 fully saturated rings. The first-order valence-electron chi connectivity index (χ1n) is 5.95. The molecule has 0 amide bonds. The highest BCUT2D eigenvalue weighted by atomic mass is 19.1. The SMILES string of the molecule is CCOc1ccc(-c2cccc(NC)c2)cc1F. The monoisotopic (exact) mass is 245 g/mol. The molecule has 2 aromatic rings. The van der Waals surface area contributed by atoms with Gasteiger partial charge >= 0.3 is 0 Å². The summed E-state index contributed by atoms with van der Waals surface area (Å²) in [6.07, 6.45) is 0. The van der Waals surface area contributed by atoms with Crippen LogP contribution >= 0.6 is 0 Å². The predicted molar refractivity (Wildman–Crippen MR) is 72.6 cm³/mol. The van der Waals surface area contributed by atoms with Crippen LogP contribution in [0.1, 0.15) is 6.92 Å². The standard InChI is InChI=1S/C15H16FNO/c1-3-18-15-8-7-12(10-14(15)16)11-5-4-6-13(9-11)17-2/h4-10,17H,3H2,1-2H3. The number of nitrogens with one attached hydrogen (secondary N) is 1. The minimum atomic E-state index is -0.329. The molecule has 0 heterocycles. The molecule has 18 heavy (non-hydrogen) atoms. The Morgan fingerprint density at radius 2 is 1.89 bits per heavy atom. The normalized spacial score (nSPS) is 10.2. The minimum absolute atomic E-state index is 0.297. The van der Waals surface area contributed by atoms with Gasteiger partial charge in [0.25, 0.3) is 0 Å². The molecule has 0 saturated carbocycles. The highest BCUT2D eigenvalue weighted by molar-refractivity contribution is 5.68. The smallest absolute Gasteiger partial charge is 0.165 e. The average molecular weight is 245 g/mol. The van der Waals surface area contributed by atoms with Crippen LogP contribution in [0.25, 0.3) is 11.1 Å². The van der Waals surface area contributed by atoms with Gasteiger partial charge in [-0.1, -0.05) is 18.2 Å². The number of hydrogen-bond donors (Lipinski definition) is 1. The van der Waals surface area contributed by atoms with E-state index in [1.165, 1.54) is 6.07 Å². The van der Waals surface area contributed by atoms with Crippen molar-refractivity contribution < 1.29 is 9.13 Å². The van der Waals surface area contributed by atoms with Gasteiger partial charge in [0.1, 0.15) is 0 Å². The predicted octanol–water partition coefficient (Wildman–Crippen LogP) is 3.93. The van der Waals surface area contributed by atoms with Crippen molar-refractivity contribution in [2.45, 2.75) is 6.92 Å². The van der Waals surface area contributed by atoms with E-state index in [1.54, 1.807) is 6.07 Å². The fourth-order valence-electron chi connectivity index (χ4n) is 1.81. The Bertz CT molecular complexity index is 540. The second kappa shape index (κ2) is 5.54. The summed E-state index contributed by atoms with van der Waals surface area (Å²) in [6, 6.07) is 12.9. The molecule has 2 rings (SSSR count). The molecule has 0 radical (unpaired) electrons. The third-order valence-corrected chi connectivity index (χ3v) is 2.72. The van der Waals surface area contributed by atoms with E-state index in [2.05, 4.69) is 5.32 Å². The van der Waals surface area contributed by atoms with E-state index in [4.69, 9.17) is 4.74 Å². The first-order valence-corrected chi connectivity index (χ1v) is 5.95. The molecular weight excluding hydrogens is 229 g/mol. The number of halogens is 1. The van der Waals surface area contributed by atoms with Crippen molar-refractivity contribution in [1.29, 1.82) is 0 Å². The van der Waals surface area contributed by atoms with E-state index in [1.807, 2.05) is 44.3 Å². The fraction of sp³-hybridized carbons (Fsp3) is 0.200. The van der Waals surface area contributed by atoms with E-state index >= 15 is 0 Å². The van der Waals surface area contributed by atoms with Crippen LogP contribution in [0.4, 0.5) is 10.1 Å². The Morgan fingerprint density at radius 3 is 2.56 bits per heavy atom. The number of benzene rings is 2. The molecule has 0 bridgehead atoms. The molecule has 2 nitrogen and oxygen atoms in total. The highest BCUT2D eigenvalue weighted by Gasteiger charge is 2.06. The second-order valence-corrected chi connectivity index (χ2v) is 3.91. The van der Waals surface area contributed by atoms with Crippen molar-refractivity contribution in [3.63, 3.8) is 0 Å². The van der Waals surface area contributed by atoms with Gasteiger partial charge in [-0.2, -0.15) is 0 Å². The van der Waals surface area contributed by atoms with E-state index in [-0.39, 0.29) is 5.82 Å². The molecular formula is C15H16FNO. The van der Waals surface area contributed by atoms with Gasteiger partial charge in [-0.25, -0.2) is 4.39 Å².